The predicted octanol–water partition coefficient (Wildman–Crippen LogP) is 3.52. The van der Waals surface area contributed by atoms with Gasteiger partial charge in [-0.15, -0.1) is 0 Å². The molecule has 1 aromatic heterocycles. The van der Waals surface area contributed by atoms with Crippen molar-refractivity contribution in [3.63, 3.8) is 0 Å². The predicted molar refractivity (Wildman–Crippen MR) is 107 cm³/mol. The molecule has 0 radical (unpaired) electrons. The molecule has 1 aliphatic heterocycles. The Morgan fingerprint density at radius 1 is 1.11 bits per heavy atom. The lowest BCUT2D eigenvalue weighted by molar-refractivity contribution is -0.123. The van der Waals surface area contributed by atoms with Gasteiger partial charge in [0.05, 0.1) is 5.92 Å². The Kier molecular flexibility index (Phi) is 5.59. The van der Waals surface area contributed by atoms with Gasteiger partial charge in [0.1, 0.15) is 0 Å². The van der Waals surface area contributed by atoms with Crippen LogP contribution in [0.5, 0.6) is 0 Å². The van der Waals surface area contributed by atoms with Crippen LogP contribution in [0.15, 0.2) is 36.5 Å². The number of piperidine rings is 1. The zero-order chi connectivity index (χ0) is 19.6. The van der Waals surface area contributed by atoms with E-state index in [9.17, 15) is 9.59 Å². The normalized spacial score (nSPS) is 16.9. The van der Waals surface area contributed by atoms with Crippen molar-refractivity contribution in [3.05, 3.63) is 58.9 Å². The minimum absolute atomic E-state index is 0.0155. The number of aryl methyl sites for hydroxylation is 3. The van der Waals surface area contributed by atoms with Crippen LogP contribution in [0.3, 0.4) is 0 Å². The lowest BCUT2D eigenvalue weighted by atomic mass is 9.95. The smallest absolute Gasteiger partial charge is 0.253 e. The fourth-order valence-electron chi connectivity index (χ4n) is 3.78. The summed E-state index contributed by atoms with van der Waals surface area (Å²) in [6, 6.07) is 9.65. The first-order valence-electron chi connectivity index (χ1n) is 9.43. The molecule has 1 atom stereocenters. The second-order valence-electron chi connectivity index (χ2n) is 7.52. The summed E-state index contributed by atoms with van der Waals surface area (Å²) in [7, 11) is 1.79. The van der Waals surface area contributed by atoms with E-state index in [1.807, 2.05) is 49.9 Å². The molecule has 2 amide bonds. The van der Waals surface area contributed by atoms with Gasteiger partial charge in [0.15, 0.2) is 0 Å². The molecule has 0 saturated carbocycles. The average molecular weight is 365 g/mol. The Balaban J connectivity index is 1.73. The Labute approximate surface area is 161 Å². The summed E-state index contributed by atoms with van der Waals surface area (Å²) >= 11 is 0. The average Bonchev–Trinajstić information content (AvgIpc) is 2.65. The van der Waals surface area contributed by atoms with Crippen LogP contribution in [-0.2, 0) is 4.79 Å². The van der Waals surface area contributed by atoms with Crippen molar-refractivity contribution in [2.24, 2.45) is 5.92 Å². The number of aromatic nitrogens is 1. The first-order chi connectivity index (χ1) is 12.8. The zero-order valence-corrected chi connectivity index (χ0v) is 16.5. The molecule has 0 N–H and O–H groups in total. The topological polar surface area (TPSA) is 53.5 Å². The number of carbonyl (C=O) groups excluding carboxylic acids is 2. The Morgan fingerprint density at radius 2 is 1.81 bits per heavy atom. The van der Waals surface area contributed by atoms with Gasteiger partial charge in [0.2, 0.25) is 5.91 Å². The molecule has 5 heteroatoms. The van der Waals surface area contributed by atoms with Gasteiger partial charge in [-0.1, -0.05) is 17.2 Å². The van der Waals surface area contributed by atoms with E-state index in [1.165, 1.54) is 0 Å². The number of hydrogen-bond donors (Lipinski definition) is 0. The Bertz CT molecular complexity index is 842. The monoisotopic (exact) mass is 365 g/mol. The first-order valence-corrected chi connectivity index (χ1v) is 9.43. The van der Waals surface area contributed by atoms with Crippen molar-refractivity contribution in [2.45, 2.75) is 33.6 Å². The summed E-state index contributed by atoms with van der Waals surface area (Å²) in [5, 5.41) is 0. The summed E-state index contributed by atoms with van der Waals surface area (Å²) in [5.74, 6) is -0.104. The lowest BCUT2D eigenvalue weighted by Crippen LogP contribution is -2.46. The quantitative estimate of drug-likeness (QED) is 0.836. The molecule has 0 bridgehead atoms. The number of likely N-dealkylation sites (tertiary alicyclic amines) is 1. The Morgan fingerprint density at radius 3 is 2.48 bits per heavy atom. The second-order valence-corrected chi connectivity index (χ2v) is 7.52. The fraction of sp³-hybridized carbons (Fsp3) is 0.409. The van der Waals surface area contributed by atoms with Gasteiger partial charge in [0.25, 0.3) is 5.91 Å². The van der Waals surface area contributed by atoms with Gasteiger partial charge in [-0.05, 0) is 57.9 Å². The third kappa shape index (κ3) is 4.35. The van der Waals surface area contributed by atoms with Crippen LogP contribution in [0.4, 0.5) is 5.69 Å². The van der Waals surface area contributed by atoms with Gasteiger partial charge >= 0.3 is 0 Å². The van der Waals surface area contributed by atoms with Crippen molar-refractivity contribution < 1.29 is 9.59 Å². The SMILES string of the molecule is Cc1cc(C)cc(C(=O)N2CCCC(C(=O)N(C)c3ccnc(C)c3)C2)c1. The molecular weight excluding hydrogens is 338 g/mol. The van der Waals surface area contributed by atoms with Gasteiger partial charge in [-0.25, -0.2) is 0 Å². The van der Waals surface area contributed by atoms with Crippen LogP contribution in [-0.4, -0.2) is 41.8 Å². The lowest BCUT2D eigenvalue weighted by Gasteiger charge is -2.34. The maximum atomic E-state index is 13.0. The summed E-state index contributed by atoms with van der Waals surface area (Å²) in [4.78, 5) is 33.6. The molecule has 5 nitrogen and oxygen atoms in total. The molecule has 2 heterocycles. The van der Waals surface area contributed by atoms with E-state index < -0.39 is 0 Å². The van der Waals surface area contributed by atoms with E-state index in [-0.39, 0.29) is 17.7 Å². The van der Waals surface area contributed by atoms with E-state index in [2.05, 4.69) is 11.1 Å². The van der Waals surface area contributed by atoms with Crippen molar-refractivity contribution in [2.75, 3.05) is 25.0 Å². The number of rotatable bonds is 3. The van der Waals surface area contributed by atoms with E-state index >= 15 is 0 Å². The zero-order valence-electron chi connectivity index (χ0n) is 16.5. The van der Waals surface area contributed by atoms with Gasteiger partial charge in [0, 0.05) is 43.3 Å². The Hall–Kier alpha value is -2.69. The molecule has 1 saturated heterocycles. The van der Waals surface area contributed by atoms with Crippen LogP contribution in [0, 0.1) is 26.7 Å². The molecule has 0 spiro atoms. The largest absolute Gasteiger partial charge is 0.338 e. The highest BCUT2D eigenvalue weighted by Gasteiger charge is 2.31. The van der Waals surface area contributed by atoms with Crippen LogP contribution in [0.1, 0.15) is 40.0 Å². The minimum Gasteiger partial charge on any atom is -0.338 e. The molecule has 142 valence electrons. The summed E-state index contributed by atoms with van der Waals surface area (Å²) < 4.78 is 0. The molecule has 2 aromatic rings. The highest BCUT2D eigenvalue weighted by molar-refractivity contribution is 5.97. The fourth-order valence-corrected chi connectivity index (χ4v) is 3.78. The molecule has 1 aromatic carbocycles. The number of anilines is 1. The highest BCUT2D eigenvalue weighted by Crippen LogP contribution is 2.23. The maximum Gasteiger partial charge on any atom is 0.253 e. The molecule has 1 aliphatic rings. The summed E-state index contributed by atoms with van der Waals surface area (Å²) in [6.45, 7) is 7.08. The molecular formula is C22H27N3O2. The van der Waals surface area contributed by atoms with E-state index in [1.54, 1.807) is 18.1 Å². The van der Waals surface area contributed by atoms with Gasteiger partial charge in [-0.2, -0.15) is 0 Å². The molecule has 1 fully saturated rings. The summed E-state index contributed by atoms with van der Waals surface area (Å²) in [5.41, 5.74) is 4.58. The number of amides is 2. The van der Waals surface area contributed by atoms with Crippen LogP contribution in [0.2, 0.25) is 0 Å². The first kappa shape index (κ1) is 19.1. The molecule has 3 rings (SSSR count). The van der Waals surface area contributed by atoms with Gasteiger partial charge < -0.3 is 9.80 Å². The number of nitrogens with zero attached hydrogens (tertiary/aromatic N) is 3. The minimum atomic E-state index is -0.174. The van der Waals surface area contributed by atoms with E-state index in [0.717, 1.165) is 35.3 Å². The van der Waals surface area contributed by atoms with E-state index in [0.29, 0.717) is 18.7 Å². The van der Waals surface area contributed by atoms with Crippen molar-refractivity contribution in [1.82, 2.24) is 9.88 Å². The van der Waals surface area contributed by atoms with Crippen molar-refractivity contribution in [3.8, 4) is 0 Å². The number of pyridine rings is 1. The van der Waals surface area contributed by atoms with Crippen LogP contribution < -0.4 is 4.90 Å². The van der Waals surface area contributed by atoms with Gasteiger partial charge in [-0.3, -0.25) is 14.6 Å². The molecule has 1 unspecified atom stereocenters. The second kappa shape index (κ2) is 7.91. The number of benzene rings is 1. The third-order valence-corrected chi connectivity index (χ3v) is 5.12. The highest BCUT2D eigenvalue weighted by atomic mass is 16.2. The standard InChI is InChI=1S/C22H27N3O2/c1-15-10-16(2)12-19(11-15)22(27)25-9-5-6-18(14-25)21(26)24(4)20-7-8-23-17(3)13-20/h7-8,10-13,18H,5-6,9,14H2,1-4H3. The van der Waals surface area contributed by atoms with Crippen molar-refractivity contribution >= 4 is 17.5 Å². The summed E-state index contributed by atoms with van der Waals surface area (Å²) in [6.07, 6.45) is 3.37. The van der Waals surface area contributed by atoms with Crippen molar-refractivity contribution in [1.29, 1.82) is 0 Å². The van der Waals surface area contributed by atoms with Crippen LogP contribution in [0.25, 0.3) is 0 Å². The number of hydrogen-bond acceptors (Lipinski definition) is 3. The van der Waals surface area contributed by atoms with E-state index in [4.69, 9.17) is 0 Å². The number of carbonyl (C=O) groups is 2. The maximum absolute atomic E-state index is 13.0. The molecule has 0 aliphatic carbocycles. The molecule has 27 heavy (non-hydrogen) atoms. The third-order valence-electron chi connectivity index (χ3n) is 5.12. The van der Waals surface area contributed by atoms with Crippen LogP contribution >= 0.6 is 0 Å².